The van der Waals surface area contributed by atoms with Gasteiger partial charge in [-0.25, -0.2) is 5.43 Å². The number of halogens is 3. The number of ether oxygens (including phenoxy) is 2. The van der Waals surface area contributed by atoms with Crippen molar-refractivity contribution in [2.45, 2.75) is 6.61 Å². The third-order valence-corrected chi connectivity index (χ3v) is 4.61. The van der Waals surface area contributed by atoms with Gasteiger partial charge in [0, 0.05) is 10.0 Å². The number of amides is 1. The fourth-order valence-corrected chi connectivity index (χ4v) is 2.97. The Hall–Kier alpha value is -2.73. The van der Waals surface area contributed by atoms with Gasteiger partial charge in [0.2, 0.25) is 0 Å². The van der Waals surface area contributed by atoms with Gasteiger partial charge in [-0.2, -0.15) is 5.10 Å². The molecule has 0 aliphatic rings. The number of rotatable bonds is 8. The number of carbonyl (C=O) groups excluding carboxylic acids is 1. The molecule has 5 nitrogen and oxygen atoms in total. The van der Waals surface area contributed by atoms with Gasteiger partial charge in [0.05, 0.1) is 11.2 Å². The Morgan fingerprint density at radius 3 is 2.47 bits per heavy atom. The van der Waals surface area contributed by atoms with Crippen molar-refractivity contribution in [3.05, 3.63) is 92.9 Å². The predicted octanol–water partition coefficient (Wildman–Crippen LogP) is 5.75. The zero-order valence-electron chi connectivity index (χ0n) is 15.6. The molecule has 0 heterocycles. The van der Waals surface area contributed by atoms with Crippen LogP contribution < -0.4 is 14.9 Å². The minimum absolute atomic E-state index is 0.233. The van der Waals surface area contributed by atoms with Gasteiger partial charge in [-0.15, -0.1) is 0 Å². The molecule has 0 saturated heterocycles. The lowest BCUT2D eigenvalue weighted by atomic mass is 10.2. The van der Waals surface area contributed by atoms with Crippen molar-refractivity contribution in [3.63, 3.8) is 0 Å². The highest BCUT2D eigenvalue weighted by Crippen LogP contribution is 2.27. The number of hydrogen-bond donors (Lipinski definition) is 1. The summed E-state index contributed by atoms with van der Waals surface area (Å²) in [5.74, 6) is 0.624. The molecule has 0 saturated carbocycles. The maximum atomic E-state index is 11.9. The first-order valence-corrected chi connectivity index (χ1v) is 10.00. The number of nitrogens with zero attached hydrogens (tertiary/aromatic N) is 1. The van der Waals surface area contributed by atoms with Crippen LogP contribution in [0.2, 0.25) is 15.1 Å². The van der Waals surface area contributed by atoms with E-state index in [-0.39, 0.29) is 6.61 Å². The van der Waals surface area contributed by atoms with Crippen molar-refractivity contribution in [2.24, 2.45) is 5.10 Å². The van der Waals surface area contributed by atoms with E-state index >= 15 is 0 Å². The zero-order chi connectivity index (χ0) is 21.3. The van der Waals surface area contributed by atoms with Crippen LogP contribution in [0.15, 0.2) is 71.8 Å². The van der Waals surface area contributed by atoms with Crippen LogP contribution in [0.5, 0.6) is 11.5 Å². The topological polar surface area (TPSA) is 59.9 Å². The summed E-state index contributed by atoms with van der Waals surface area (Å²) in [5.41, 5.74) is 4.17. The van der Waals surface area contributed by atoms with E-state index in [1.54, 1.807) is 12.1 Å². The average Bonchev–Trinajstić information content (AvgIpc) is 2.73. The molecule has 0 aliphatic carbocycles. The third-order valence-electron chi connectivity index (χ3n) is 3.83. The van der Waals surface area contributed by atoms with Gasteiger partial charge in [0.25, 0.3) is 5.91 Å². The van der Waals surface area contributed by atoms with Crippen LogP contribution in [-0.2, 0) is 11.4 Å². The third kappa shape index (κ3) is 6.95. The highest BCUT2D eigenvalue weighted by atomic mass is 35.5. The molecule has 3 aromatic carbocycles. The van der Waals surface area contributed by atoms with Crippen molar-refractivity contribution in [2.75, 3.05) is 6.61 Å². The molecule has 0 unspecified atom stereocenters. The molecule has 3 aromatic rings. The highest BCUT2D eigenvalue weighted by molar-refractivity contribution is 6.35. The lowest BCUT2D eigenvalue weighted by molar-refractivity contribution is -0.123. The minimum atomic E-state index is -0.424. The van der Waals surface area contributed by atoms with Gasteiger partial charge in [-0.1, -0.05) is 59.1 Å². The van der Waals surface area contributed by atoms with Crippen molar-refractivity contribution in [3.8, 4) is 11.5 Å². The van der Waals surface area contributed by atoms with E-state index in [2.05, 4.69) is 10.5 Å². The maximum Gasteiger partial charge on any atom is 0.277 e. The van der Waals surface area contributed by atoms with Crippen LogP contribution in [0.3, 0.4) is 0 Å². The SMILES string of the molecule is O=C(COc1ccc(Cl)cc1Cl)N/N=C\c1cccc(OCc2ccc(Cl)cc2)c1. The van der Waals surface area contributed by atoms with Crippen LogP contribution >= 0.6 is 34.8 Å². The molecule has 0 bridgehead atoms. The summed E-state index contributed by atoms with van der Waals surface area (Å²) in [4.78, 5) is 11.9. The minimum Gasteiger partial charge on any atom is -0.489 e. The van der Waals surface area contributed by atoms with Gasteiger partial charge >= 0.3 is 0 Å². The second kappa shape index (κ2) is 10.9. The monoisotopic (exact) mass is 462 g/mol. The Bertz CT molecular complexity index is 1040. The normalized spacial score (nSPS) is 10.8. The average molecular weight is 464 g/mol. The van der Waals surface area contributed by atoms with E-state index in [4.69, 9.17) is 44.3 Å². The smallest absolute Gasteiger partial charge is 0.277 e. The molecular weight excluding hydrogens is 447 g/mol. The number of benzene rings is 3. The van der Waals surface area contributed by atoms with Gasteiger partial charge < -0.3 is 9.47 Å². The number of nitrogens with one attached hydrogen (secondary N) is 1. The molecule has 0 atom stereocenters. The molecule has 3 rings (SSSR count). The summed E-state index contributed by atoms with van der Waals surface area (Å²) < 4.78 is 11.1. The number of hydrogen-bond acceptors (Lipinski definition) is 4. The van der Waals surface area contributed by atoms with Crippen molar-refractivity contribution in [1.29, 1.82) is 0 Å². The van der Waals surface area contributed by atoms with Gasteiger partial charge in [-0.3, -0.25) is 4.79 Å². The van der Waals surface area contributed by atoms with Crippen molar-refractivity contribution < 1.29 is 14.3 Å². The highest BCUT2D eigenvalue weighted by Gasteiger charge is 2.06. The molecule has 154 valence electrons. The maximum absolute atomic E-state index is 11.9. The molecular formula is C22H17Cl3N2O3. The van der Waals surface area contributed by atoms with E-state index < -0.39 is 5.91 Å². The number of hydrazone groups is 1. The first-order chi connectivity index (χ1) is 14.5. The fraction of sp³-hybridized carbons (Fsp3) is 0.0909. The standard InChI is InChI=1S/C22H17Cl3N2O3/c23-17-6-4-15(5-7-17)13-29-19-3-1-2-16(10-19)12-26-27-22(28)14-30-21-9-8-18(24)11-20(21)25/h1-12H,13-14H2,(H,27,28)/b26-12-. The van der Waals surface area contributed by atoms with Gasteiger partial charge in [-0.05, 0) is 53.6 Å². The van der Waals surface area contributed by atoms with Crippen molar-refractivity contribution >= 4 is 46.9 Å². The van der Waals surface area contributed by atoms with Crippen LogP contribution in [0.25, 0.3) is 0 Å². The lowest BCUT2D eigenvalue weighted by Crippen LogP contribution is -2.24. The molecule has 0 spiro atoms. The summed E-state index contributed by atoms with van der Waals surface area (Å²) in [6.45, 7) is 0.183. The predicted molar refractivity (Wildman–Crippen MR) is 120 cm³/mol. The summed E-state index contributed by atoms with van der Waals surface area (Å²) in [5, 5.41) is 5.43. The van der Waals surface area contributed by atoms with Crippen LogP contribution in [0, 0.1) is 0 Å². The van der Waals surface area contributed by atoms with Crippen LogP contribution in [-0.4, -0.2) is 18.7 Å². The summed E-state index contributed by atoms with van der Waals surface area (Å²) in [6.07, 6.45) is 1.52. The first kappa shape index (κ1) is 22.0. The van der Waals surface area contributed by atoms with E-state index in [1.165, 1.54) is 12.3 Å². The lowest BCUT2D eigenvalue weighted by Gasteiger charge is -2.07. The quantitative estimate of drug-likeness (QED) is 0.341. The molecule has 0 fully saturated rings. The van der Waals surface area contributed by atoms with Crippen LogP contribution in [0.1, 0.15) is 11.1 Å². The molecule has 0 radical (unpaired) electrons. The summed E-state index contributed by atoms with van der Waals surface area (Å²) in [7, 11) is 0. The van der Waals surface area contributed by atoms with E-state index in [1.807, 2.05) is 48.5 Å². The van der Waals surface area contributed by atoms with Crippen LogP contribution in [0.4, 0.5) is 0 Å². The van der Waals surface area contributed by atoms with Gasteiger partial charge in [0.1, 0.15) is 18.1 Å². The van der Waals surface area contributed by atoms with Crippen molar-refractivity contribution in [1.82, 2.24) is 5.43 Å². The zero-order valence-corrected chi connectivity index (χ0v) is 17.9. The molecule has 1 N–H and O–H groups in total. The molecule has 0 aromatic heterocycles. The number of carbonyl (C=O) groups is 1. The van der Waals surface area contributed by atoms with Gasteiger partial charge in [0.15, 0.2) is 6.61 Å². The fourth-order valence-electron chi connectivity index (χ4n) is 2.38. The second-order valence-electron chi connectivity index (χ2n) is 6.14. The van der Waals surface area contributed by atoms with E-state index in [0.717, 1.165) is 11.1 Å². The molecule has 8 heteroatoms. The molecule has 30 heavy (non-hydrogen) atoms. The summed E-state index contributed by atoms with van der Waals surface area (Å²) in [6, 6.07) is 19.5. The largest absolute Gasteiger partial charge is 0.489 e. The van der Waals surface area contributed by atoms with E-state index in [9.17, 15) is 4.79 Å². The van der Waals surface area contributed by atoms with E-state index in [0.29, 0.717) is 33.2 Å². The molecule has 0 aliphatic heterocycles. The Morgan fingerprint density at radius 1 is 0.933 bits per heavy atom. The Balaban J connectivity index is 1.47. The Labute approximate surface area is 189 Å². The Morgan fingerprint density at radius 2 is 1.70 bits per heavy atom. The first-order valence-electron chi connectivity index (χ1n) is 8.87. The summed E-state index contributed by atoms with van der Waals surface area (Å²) >= 11 is 17.7. The Kier molecular flexibility index (Phi) is 7.97. The second-order valence-corrected chi connectivity index (χ2v) is 7.42. The molecule has 1 amide bonds.